The number of fused-ring (bicyclic) bond motifs is 1. The summed E-state index contributed by atoms with van der Waals surface area (Å²) in [6.45, 7) is 7.12. The molecule has 1 N–H and O–H groups in total. The summed E-state index contributed by atoms with van der Waals surface area (Å²) in [6.07, 6.45) is 2.35. The molecule has 1 aromatic carbocycles. The summed E-state index contributed by atoms with van der Waals surface area (Å²) in [5.41, 5.74) is 4.04. The zero-order chi connectivity index (χ0) is 20.7. The smallest absolute Gasteiger partial charge is 0.266 e. The van der Waals surface area contributed by atoms with Gasteiger partial charge in [0.25, 0.3) is 5.91 Å². The standard InChI is InChI=1S/C23H26N4OS2/c1-14-19-15(2)24-21(16-7-8-16)26-23(19)30-20(14)22(28)25-18-6-4-3-5-17(18)13-27-9-11-29-12-10-27/h3-6,16H,7-13H2,1-2H3,(H,25,28). The number of para-hydroxylation sites is 1. The van der Waals surface area contributed by atoms with E-state index < -0.39 is 0 Å². The first-order chi connectivity index (χ1) is 14.6. The number of carbonyl (C=O) groups is 1. The molecule has 7 heteroatoms. The highest BCUT2D eigenvalue weighted by molar-refractivity contribution is 7.99. The van der Waals surface area contributed by atoms with Gasteiger partial charge in [0.05, 0.1) is 10.6 Å². The number of aromatic nitrogens is 2. The third kappa shape index (κ3) is 3.98. The fourth-order valence-corrected chi connectivity index (χ4v) is 6.17. The number of rotatable bonds is 5. The Labute approximate surface area is 185 Å². The predicted octanol–water partition coefficient (Wildman–Crippen LogP) is 4.99. The number of hydrogen-bond acceptors (Lipinski definition) is 6. The van der Waals surface area contributed by atoms with E-state index in [-0.39, 0.29) is 5.91 Å². The summed E-state index contributed by atoms with van der Waals surface area (Å²) in [4.78, 5) is 26.9. The van der Waals surface area contributed by atoms with Gasteiger partial charge in [0.15, 0.2) is 0 Å². The lowest BCUT2D eigenvalue weighted by atomic mass is 10.1. The van der Waals surface area contributed by atoms with Gasteiger partial charge in [-0.1, -0.05) is 18.2 Å². The maximum absolute atomic E-state index is 13.2. The Morgan fingerprint density at radius 1 is 1.17 bits per heavy atom. The second-order valence-electron chi connectivity index (χ2n) is 8.18. The van der Waals surface area contributed by atoms with Gasteiger partial charge in [0, 0.05) is 48.1 Å². The number of aryl methyl sites for hydroxylation is 2. The number of thiophene rings is 1. The second-order valence-corrected chi connectivity index (χ2v) is 10.4. The minimum Gasteiger partial charge on any atom is -0.321 e. The van der Waals surface area contributed by atoms with Crippen LogP contribution in [0.25, 0.3) is 10.2 Å². The van der Waals surface area contributed by atoms with Crippen LogP contribution >= 0.6 is 23.1 Å². The molecule has 3 heterocycles. The van der Waals surface area contributed by atoms with Crippen molar-refractivity contribution >= 4 is 44.9 Å². The Morgan fingerprint density at radius 3 is 2.70 bits per heavy atom. The molecule has 0 bridgehead atoms. The molecule has 0 spiro atoms. The molecule has 3 aromatic rings. The van der Waals surface area contributed by atoms with Crippen molar-refractivity contribution in [2.45, 2.75) is 39.2 Å². The molecule has 0 atom stereocenters. The average molecular weight is 439 g/mol. The zero-order valence-electron chi connectivity index (χ0n) is 17.4. The van der Waals surface area contributed by atoms with Crippen LogP contribution in [0.3, 0.4) is 0 Å². The second kappa shape index (κ2) is 8.29. The topological polar surface area (TPSA) is 58.1 Å². The Morgan fingerprint density at radius 2 is 1.93 bits per heavy atom. The fraction of sp³-hybridized carbons (Fsp3) is 0.435. The SMILES string of the molecule is Cc1nc(C2CC2)nc2sc(C(=O)Nc3ccccc3CN3CCSCC3)c(C)c12. The number of nitrogens with zero attached hydrogens (tertiary/aromatic N) is 3. The summed E-state index contributed by atoms with van der Waals surface area (Å²) >= 11 is 3.50. The summed E-state index contributed by atoms with van der Waals surface area (Å²) in [5.74, 6) is 3.76. The molecule has 30 heavy (non-hydrogen) atoms. The highest BCUT2D eigenvalue weighted by atomic mass is 32.2. The van der Waals surface area contributed by atoms with Crippen LogP contribution in [0.1, 0.15) is 51.1 Å². The van der Waals surface area contributed by atoms with Crippen molar-refractivity contribution in [3.63, 3.8) is 0 Å². The third-order valence-corrected chi connectivity index (χ3v) is 8.03. The fourth-order valence-electron chi connectivity index (χ4n) is 4.06. The average Bonchev–Trinajstić information content (AvgIpc) is 3.54. The van der Waals surface area contributed by atoms with Crippen LogP contribution in [0.15, 0.2) is 24.3 Å². The summed E-state index contributed by atoms with van der Waals surface area (Å²) in [6, 6.07) is 8.16. The number of thioether (sulfide) groups is 1. The molecular weight excluding hydrogens is 412 g/mol. The molecule has 1 aliphatic carbocycles. The maximum atomic E-state index is 13.2. The lowest BCUT2D eigenvalue weighted by molar-refractivity contribution is 0.103. The van der Waals surface area contributed by atoms with E-state index in [0.29, 0.717) is 5.92 Å². The lowest BCUT2D eigenvalue weighted by Gasteiger charge is -2.27. The number of carbonyl (C=O) groups excluding carboxylic acids is 1. The molecule has 2 fully saturated rings. The normalized spacial score (nSPS) is 17.4. The first kappa shape index (κ1) is 20.0. The van der Waals surface area contributed by atoms with Gasteiger partial charge in [-0.15, -0.1) is 11.3 Å². The highest BCUT2D eigenvalue weighted by Crippen LogP contribution is 2.40. The van der Waals surface area contributed by atoms with Gasteiger partial charge in [-0.05, 0) is 43.9 Å². The largest absolute Gasteiger partial charge is 0.321 e. The Hall–Kier alpha value is -1.96. The summed E-state index contributed by atoms with van der Waals surface area (Å²) in [5, 5.41) is 4.21. The molecule has 1 amide bonds. The van der Waals surface area contributed by atoms with Gasteiger partial charge < -0.3 is 5.32 Å². The highest BCUT2D eigenvalue weighted by Gasteiger charge is 2.28. The van der Waals surface area contributed by atoms with E-state index >= 15 is 0 Å². The minimum atomic E-state index is -0.0514. The van der Waals surface area contributed by atoms with Crippen LogP contribution in [0.4, 0.5) is 5.69 Å². The number of hydrogen-bond donors (Lipinski definition) is 1. The van der Waals surface area contributed by atoms with E-state index in [4.69, 9.17) is 9.97 Å². The van der Waals surface area contributed by atoms with Crippen molar-refractivity contribution in [1.82, 2.24) is 14.9 Å². The number of anilines is 1. The number of nitrogens with one attached hydrogen (secondary N) is 1. The quantitative estimate of drug-likeness (QED) is 0.608. The van der Waals surface area contributed by atoms with E-state index in [1.165, 1.54) is 41.2 Å². The van der Waals surface area contributed by atoms with Gasteiger partial charge in [-0.25, -0.2) is 9.97 Å². The van der Waals surface area contributed by atoms with E-state index in [1.807, 2.05) is 43.8 Å². The minimum absolute atomic E-state index is 0.0514. The molecule has 156 valence electrons. The van der Waals surface area contributed by atoms with Crippen LogP contribution in [0.5, 0.6) is 0 Å². The molecule has 1 saturated carbocycles. The molecule has 0 unspecified atom stereocenters. The van der Waals surface area contributed by atoms with Gasteiger partial charge >= 0.3 is 0 Å². The van der Waals surface area contributed by atoms with E-state index in [1.54, 1.807) is 0 Å². The van der Waals surface area contributed by atoms with Crippen LogP contribution < -0.4 is 5.32 Å². The first-order valence-electron chi connectivity index (χ1n) is 10.6. The van der Waals surface area contributed by atoms with E-state index in [0.717, 1.165) is 57.5 Å². The van der Waals surface area contributed by atoms with Gasteiger partial charge in [-0.2, -0.15) is 11.8 Å². The molecule has 2 aromatic heterocycles. The van der Waals surface area contributed by atoms with E-state index in [9.17, 15) is 4.79 Å². The Balaban J connectivity index is 1.41. The van der Waals surface area contributed by atoms with Crippen LogP contribution in [0.2, 0.25) is 0 Å². The maximum Gasteiger partial charge on any atom is 0.266 e. The number of benzene rings is 1. The molecule has 5 nitrogen and oxygen atoms in total. The monoisotopic (exact) mass is 438 g/mol. The van der Waals surface area contributed by atoms with Crippen LogP contribution in [-0.4, -0.2) is 45.4 Å². The van der Waals surface area contributed by atoms with Crippen LogP contribution in [-0.2, 0) is 6.54 Å². The van der Waals surface area contributed by atoms with Crippen molar-refractivity contribution in [3.8, 4) is 0 Å². The first-order valence-corrected chi connectivity index (χ1v) is 12.5. The molecule has 0 radical (unpaired) electrons. The summed E-state index contributed by atoms with van der Waals surface area (Å²) in [7, 11) is 0. The van der Waals surface area contributed by atoms with E-state index in [2.05, 4.69) is 16.3 Å². The van der Waals surface area contributed by atoms with Crippen molar-refractivity contribution in [2.24, 2.45) is 0 Å². The van der Waals surface area contributed by atoms with Gasteiger partial charge in [0.2, 0.25) is 0 Å². The number of amides is 1. The predicted molar refractivity (Wildman–Crippen MR) is 126 cm³/mol. The third-order valence-electron chi connectivity index (χ3n) is 5.90. The van der Waals surface area contributed by atoms with Crippen molar-refractivity contribution in [3.05, 3.63) is 51.8 Å². The van der Waals surface area contributed by atoms with Crippen LogP contribution in [0, 0.1) is 13.8 Å². The summed E-state index contributed by atoms with van der Waals surface area (Å²) < 4.78 is 0. The molecule has 1 saturated heterocycles. The Kier molecular flexibility index (Phi) is 5.52. The van der Waals surface area contributed by atoms with Crippen molar-refractivity contribution < 1.29 is 4.79 Å². The van der Waals surface area contributed by atoms with Crippen molar-refractivity contribution in [1.29, 1.82) is 0 Å². The molecule has 1 aliphatic heterocycles. The van der Waals surface area contributed by atoms with Crippen molar-refractivity contribution in [2.75, 3.05) is 29.9 Å². The molecule has 2 aliphatic rings. The van der Waals surface area contributed by atoms with Gasteiger partial charge in [-0.3, -0.25) is 9.69 Å². The molecule has 5 rings (SSSR count). The Bertz CT molecular complexity index is 1100. The van der Waals surface area contributed by atoms with Gasteiger partial charge in [0.1, 0.15) is 10.7 Å². The lowest BCUT2D eigenvalue weighted by Crippen LogP contribution is -2.32. The zero-order valence-corrected chi connectivity index (χ0v) is 19.0. The molecular formula is C23H26N4OS2.